The second-order valence-electron chi connectivity index (χ2n) is 6.22. The van der Waals surface area contributed by atoms with Gasteiger partial charge in [-0.1, -0.05) is 18.2 Å². The van der Waals surface area contributed by atoms with Crippen molar-refractivity contribution in [2.45, 2.75) is 12.5 Å². The van der Waals surface area contributed by atoms with Crippen molar-refractivity contribution < 1.29 is 18.3 Å². The summed E-state index contributed by atoms with van der Waals surface area (Å²) < 4.78 is 31.5. The van der Waals surface area contributed by atoms with Gasteiger partial charge in [0.25, 0.3) is 0 Å². The van der Waals surface area contributed by atoms with Crippen LogP contribution in [0.15, 0.2) is 60.8 Å². The maximum absolute atomic E-state index is 13.4. The van der Waals surface area contributed by atoms with Gasteiger partial charge in [-0.2, -0.15) is 0 Å². The number of amides is 1. The molecular weight excluding hydrogens is 364 g/mol. The van der Waals surface area contributed by atoms with Crippen LogP contribution < -0.4 is 11.1 Å². The first-order chi connectivity index (χ1) is 13.5. The molecule has 3 N–H and O–H groups in total. The van der Waals surface area contributed by atoms with E-state index in [0.29, 0.717) is 16.9 Å². The molecule has 3 aromatic rings. The molecule has 0 bridgehead atoms. The first-order valence-corrected chi connectivity index (χ1v) is 8.57. The second-order valence-corrected chi connectivity index (χ2v) is 6.22. The molecule has 0 spiro atoms. The molecular formula is C21H19F2N3O2. The zero-order valence-electron chi connectivity index (χ0n) is 15.2. The Bertz CT molecular complexity index is 957. The number of aromatic nitrogens is 1. The quantitative estimate of drug-likeness (QED) is 0.683. The average Bonchev–Trinajstić information content (AvgIpc) is 2.67. The molecule has 3 rings (SSSR count). The Morgan fingerprint density at radius 2 is 1.82 bits per heavy atom. The Hall–Kier alpha value is -3.32. The third-order valence-corrected chi connectivity index (χ3v) is 4.20. The first kappa shape index (κ1) is 19.4. The zero-order chi connectivity index (χ0) is 20.1. The Kier molecular flexibility index (Phi) is 5.96. The molecule has 0 fully saturated rings. The fourth-order valence-electron chi connectivity index (χ4n) is 2.94. The molecule has 144 valence electrons. The van der Waals surface area contributed by atoms with E-state index >= 15 is 0 Å². The van der Waals surface area contributed by atoms with Crippen LogP contribution in [0.5, 0.6) is 0 Å². The van der Waals surface area contributed by atoms with Crippen molar-refractivity contribution in [3.05, 3.63) is 83.7 Å². The first-order valence-electron chi connectivity index (χ1n) is 8.57. The molecule has 1 heterocycles. The van der Waals surface area contributed by atoms with Gasteiger partial charge < -0.3 is 10.5 Å². The summed E-state index contributed by atoms with van der Waals surface area (Å²) in [5.41, 5.74) is 9.60. The van der Waals surface area contributed by atoms with E-state index in [2.05, 4.69) is 15.0 Å². The van der Waals surface area contributed by atoms with Gasteiger partial charge in [-0.15, -0.1) is 0 Å². The second kappa shape index (κ2) is 8.58. The molecule has 5 nitrogen and oxygen atoms in total. The number of nitrogens with one attached hydrogen (secondary N) is 1. The van der Waals surface area contributed by atoms with Crippen LogP contribution in [0, 0.1) is 11.6 Å². The molecule has 1 amide bonds. The van der Waals surface area contributed by atoms with Gasteiger partial charge in [0.15, 0.2) is 0 Å². The topological polar surface area (TPSA) is 77.2 Å². The minimum absolute atomic E-state index is 0.237. The third-order valence-electron chi connectivity index (χ3n) is 4.20. The number of hydrogen-bond donors (Lipinski definition) is 2. The van der Waals surface area contributed by atoms with E-state index in [0.717, 1.165) is 17.2 Å². The number of nitrogens with zero attached hydrogens (tertiary/aromatic N) is 1. The molecule has 7 heteroatoms. The number of hydrogen-bond acceptors (Lipinski definition) is 4. The molecule has 2 aromatic carbocycles. The number of rotatable bonds is 5. The Balaban J connectivity index is 1.85. The van der Waals surface area contributed by atoms with Gasteiger partial charge in [0, 0.05) is 23.5 Å². The van der Waals surface area contributed by atoms with Crippen LogP contribution >= 0.6 is 0 Å². The normalized spacial score (nSPS) is 11.7. The molecule has 0 saturated heterocycles. The standard InChI is InChI=1S/C21H19F2N3O2/c1-28-21(27)26-17-6-4-14(5-7-17)18-3-2-8-25-20(18)19(24)11-13-9-15(22)12-16(23)10-13/h2-10,12,19H,11,24H2,1H3,(H,26,27). The largest absolute Gasteiger partial charge is 0.453 e. The van der Waals surface area contributed by atoms with Gasteiger partial charge in [0.05, 0.1) is 18.8 Å². The van der Waals surface area contributed by atoms with E-state index in [1.54, 1.807) is 24.4 Å². The summed E-state index contributed by atoms with van der Waals surface area (Å²) in [6, 6.07) is 13.6. The van der Waals surface area contributed by atoms with Crippen LogP contribution in [-0.2, 0) is 11.2 Å². The van der Waals surface area contributed by atoms with Gasteiger partial charge in [-0.05, 0) is 47.9 Å². The van der Waals surface area contributed by atoms with Crippen molar-refractivity contribution in [2.24, 2.45) is 5.73 Å². The minimum Gasteiger partial charge on any atom is -0.453 e. The highest BCUT2D eigenvalue weighted by Gasteiger charge is 2.15. The van der Waals surface area contributed by atoms with Crippen molar-refractivity contribution in [3.63, 3.8) is 0 Å². The van der Waals surface area contributed by atoms with Gasteiger partial charge in [0.1, 0.15) is 11.6 Å². The van der Waals surface area contributed by atoms with Crippen LogP contribution in [0.4, 0.5) is 19.3 Å². The van der Waals surface area contributed by atoms with Crippen molar-refractivity contribution in [1.82, 2.24) is 4.98 Å². The molecule has 0 aliphatic carbocycles. The highest BCUT2D eigenvalue weighted by Crippen LogP contribution is 2.28. The van der Waals surface area contributed by atoms with E-state index in [1.165, 1.54) is 19.2 Å². The van der Waals surface area contributed by atoms with E-state index in [9.17, 15) is 13.6 Å². The van der Waals surface area contributed by atoms with Gasteiger partial charge in [-0.3, -0.25) is 10.3 Å². The van der Waals surface area contributed by atoms with Crippen LogP contribution in [-0.4, -0.2) is 18.2 Å². The molecule has 1 unspecified atom stereocenters. The van der Waals surface area contributed by atoms with Gasteiger partial charge in [-0.25, -0.2) is 13.6 Å². The fourth-order valence-corrected chi connectivity index (χ4v) is 2.94. The maximum atomic E-state index is 13.4. The van der Waals surface area contributed by atoms with E-state index in [1.807, 2.05) is 18.2 Å². The van der Waals surface area contributed by atoms with Crippen molar-refractivity contribution >= 4 is 11.8 Å². The van der Waals surface area contributed by atoms with Crippen molar-refractivity contribution in [1.29, 1.82) is 0 Å². The highest BCUT2D eigenvalue weighted by atomic mass is 19.1. The molecule has 28 heavy (non-hydrogen) atoms. The summed E-state index contributed by atoms with van der Waals surface area (Å²) in [5, 5.41) is 2.58. The average molecular weight is 383 g/mol. The Morgan fingerprint density at radius 1 is 1.14 bits per heavy atom. The molecule has 0 aliphatic rings. The summed E-state index contributed by atoms with van der Waals surface area (Å²) in [6.07, 6.45) is 1.30. The minimum atomic E-state index is -0.642. The van der Waals surface area contributed by atoms with E-state index in [-0.39, 0.29) is 6.42 Å². The number of pyridine rings is 1. The predicted molar refractivity (Wildman–Crippen MR) is 103 cm³/mol. The number of anilines is 1. The third kappa shape index (κ3) is 4.69. The predicted octanol–water partition coefficient (Wildman–Crippen LogP) is 4.45. The number of benzene rings is 2. The van der Waals surface area contributed by atoms with Crippen LogP contribution in [0.25, 0.3) is 11.1 Å². The van der Waals surface area contributed by atoms with E-state index in [4.69, 9.17) is 5.73 Å². The number of ether oxygens (including phenoxy) is 1. The maximum Gasteiger partial charge on any atom is 0.411 e. The van der Waals surface area contributed by atoms with Gasteiger partial charge in [0.2, 0.25) is 0 Å². The molecule has 1 aromatic heterocycles. The highest BCUT2D eigenvalue weighted by molar-refractivity contribution is 5.85. The summed E-state index contributed by atoms with van der Waals surface area (Å²) >= 11 is 0. The lowest BCUT2D eigenvalue weighted by molar-refractivity contribution is 0.187. The van der Waals surface area contributed by atoms with E-state index < -0.39 is 23.8 Å². The Labute approximate surface area is 161 Å². The smallest absolute Gasteiger partial charge is 0.411 e. The van der Waals surface area contributed by atoms with Crippen LogP contribution in [0.2, 0.25) is 0 Å². The van der Waals surface area contributed by atoms with Crippen LogP contribution in [0.3, 0.4) is 0 Å². The summed E-state index contributed by atoms with van der Waals surface area (Å²) in [6.45, 7) is 0. The number of carbonyl (C=O) groups is 1. The number of halogens is 2. The number of carbonyl (C=O) groups excluding carboxylic acids is 1. The lowest BCUT2D eigenvalue weighted by Gasteiger charge is -2.16. The molecule has 1 atom stereocenters. The van der Waals surface area contributed by atoms with Crippen LogP contribution in [0.1, 0.15) is 17.3 Å². The van der Waals surface area contributed by atoms with Gasteiger partial charge >= 0.3 is 6.09 Å². The summed E-state index contributed by atoms with van der Waals surface area (Å²) in [4.78, 5) is 15.7. The monoisotopic (exact) mass is 383 g/mol. The Morgan fingerprint density at radius 3 is 2.46 bits per heavy atom. The number of methoxy groups -OCH3 is 1. The lowest BCUT2D eigenvalue weighted by Crippen LogP contribution is -2.16. The van der Waals surface area contributed by atoms with Crippen molar-refractivity contribution in [3.8, 4) is 11.1 Å². The summed E-state index contributed by atoms with van der Waals surface area (Å²) in [5.74, 6) is -1.28. The van der Waals surface area contributed by atoms with Crippen molar-refractivity contribution in [2.75, 3.05) is 12.4 Å². The number of nitrogens with two attached hydrogens (primary N) is 1. The molecule has 0 radical (unpaired) electrons. The fraction of sp³-hybridized carbons (Fsp3) is 0.143. The summed E-state index contributed by atoms with van der Waals surface area (Å²) in [7, 11) is 1.29. The lowest BCUT2D eigenvalue weighted by atomic mass is 9.96. The molecule has 0 aliphatic heterocycles. The SMILES string of the molecule is COC(=O)Nc1ccc(-c2cccnc2C(N)Cc2cc(F)cc(F)c2)cc1. The zero-order valence-corrected chi connectivity index (χ0v) is 15.2. The molecule has 0 saturated carbocycles.